The van der Waals surface area contributed by atoms with Crippen LogP contribution in [0.3, 0.4) is 0 Å². The van der Waals surface area contributed by atoms with Crippen molar-refractivity contribution >= 4 is 21.7 Å². The molecule has 0 aromatic carbocycles. The second kappa shape index (κ2) is 5.60. The van der Waals surface area contributed by atoms with Gasteiger partial charge in [0.15, 0.2) is 10.4 Å². The van der Waals surface area contributed by atoms with Crippen LogP contribution in [-0.2, 0) is 12.6 Å². The Morgan fingerprint density at radius 3 is 2.47 bits per heavy atom. The Balaban J connectivity index is 1.86. The molecule has 0 spiro atoms. The molecule has 0 aliphatic rings. The predicted octanol–water partition coefficient (Wildman–Crippen LogP) is 3.51. The van der Waals surface area contributed by atoms with Gasteiger partial charge in [-0.25, -0.2) is 0 Å². The van der Waals surface area contributed by atoms with E-state index < -0.39 is 11.9 Å². The van der Waals surface area contributed by atoms with Gasteiger partial charge >= 0.3 is 6.18 Å². The van der Waals surface area contributed by atoms with Gasteiger partial charge in [0.05, 0.1) is 0 Å². The average molecular weight is 336 g/mol. The molecule has 2 aromatic heterocycles. The number of furan rings is 1. The molecule has 0 radical (unpaired) electrons. The van der Waals surface area contributed by atoms with Gasteiger partial charge in [-0.15, -0.1) is 10.2 Å². The Labute approximate surface area is 115 Å². The third-order valence-corrected chi connectivity index (χ3v) is 2.69. The van der Waals surface area contributed by atoms with Crippen LogP contribution in [0.1, 0.15) is 11.5 Å². The zero-order valence-corrected chi connectivity index (χ0v) is 11.1. The lowest BCUT2D eigenvalue weighted by Gasteiger charge is -2.06. The zero-order valence-electron chi connectivity index (χ0n) is 9.54. The third-order valence-electron chi connectivity index (χ3n) is 2.26. The Bertz CT molecular complexity index is 539. The van der Waals surface area contributed by atoms with Crippen LogP contribution in [0.4, 0.5) is 19.0 Å². The van der Waals surface area contributed by atoms with Crippen LogP contribution in [0.2, 0.25) is 0 Å². The van der Waals surface area contributed by atoms with Gasteiger partial charge in [0, 0.05) is 13.0 Å². The number of aromatic nitrogens is 2. The summed E-state index contributed by atoms with van der Waals surface area (Å²) < 4.78 is 42.7. The average Bonchev–Trinajstić information content (AvgIpc) is 2.75. The smallest absolute Gasteiger partial charge is 0.435 e. The number of anilines is 1. The Morgan fingerprint density at radius 2 is 1.95 bits per heavy atom. The summed E-state index contributed by atoms with van der Waals surface area (Å²) in [6.07, 6.45) is -3.87. The first-order valence-electron chi connectivity index (χ1n) is 5.34. The SMILES string of the molecule is FC(F)(F)c1ccc(NCCc2ccc(Br)o2)nn1. The molecule has 2 aromatic rings. The van der Waals surface area contributed by atoms with E-state index in [1.165, 1.54) is 6.07 Å². The monoisotopic (exact) mass is 335 g/mol. The maximum Gasteiger partial charge on any atom is 0.435 e. The lowest BCUT2D eigenvalue weighted by molar-refractivity contribution is -0.141. The van der Waals surface area contributed by atoms with Gasteiger partial charge in [-0.3, -0.25) is 0 Å². The molecule has 4 nitrogen and oxygen atoms in total. The Kier molecular flexibility index (Phi) is 4.08. The molecule has 0 aliphatic heterocycles. The summed E-state index contributed by atoms with van der Waals surface area (Å²) in [5.41, 5.74) is -1.01. The molecule has 0 atom stereocenters. The minimum absolute atomic E-state index is 0.290. The summed E-state index contributed by atoms with van der Waals surface area (Å²) in [7, 11) is 0. The number of hydrogen-bond acceptors (Lipinski definition) is 4. The van der Waals surface area contributed by atoms with E-state index in [0.29, 0.717) is 23.5 Å². The lowest BCUT2D eigenvalue weighted by atomic mass is 10.3. The third kappa shape index (κ3) is 3.95. The van der Waals surface area contributed by atoms with E-state index in [2.05, 4.69) is 31.4 Å². The van der Waals surface area contributed by atoms with Gasteiger partial charge in [-0.05, 0) is 40.2 Å². The highest BCUT2D eigenvalue weighted by Gasteiger charge is 2.32. The van der Waals surface area contributed by atoms with Gasteiger partial charge < -0.3 is 9.73 Å². The fraction of sp³-hybridized carbons (Fsp3) is 0.273. The highest BCUT2D eigenvalue weighted by Crippen LogP contribution is 2.27. The number of alkyl halides is 3. The highest BCUT2D eigenvalue weighted by atomic mass is 79.9. The minimum atomic E-state index is -4.47. The summed E-state index contributed by atoms with van der Waals surface area (Å²) in [5.74, 6) is 1.05. The molecule has 0 fully saturated rings. The van der Waals surface area contributed by atoms with Crippen molar-refractivity contribution in [2.24, 2.45) is 0 Å². The maximum absolute atomic E-state index is 12.3. The van der Waals surface area contributed by atoms with Crippen LogP contribution in [0.25, 0.3) is 0 Å². The summed E-state index contributed by atoms with van der Waals surface area (Å²) in [6.45, 7) is 0.486. The molecule has 2 rings (SSSR count). The van der Waals surface area contributed by atoms with Gasteiger partial charge in [-0.1, -0.05) is 0 Å². The molecule has 0 unspecified atom stereocenters. The predicted molar refractivity (Wildman–Crippen MR) is 65.6 cm³/mol. The van der Waals surface area contributed by atoms with E-state index in [1.807, 2.05) is 6.07 Å². The van der Waals surface area contributed by atoms with Crippen molar-refractivity contribution in [3.05, 3.63) is 40.4 Å². The van der Waals surface area contributed by atoms with Crippen LogP contribution in [0.5, 0.6) is 0 Å². The van der Waals surface area contributed by atoms with Crippen molar-refractivity contribution in [3.8, 4) is 0 Å². The van der Waals surface area contributed by atoms with Gasteiger partial charge in [0.1, 0.15) is 11.6 Å². The molecule has 8 heteroatoms. The van der Waals surface area contributed by atoms with Crippen molar-refractivity contribution in [1.82, 2.24) is 10.2 Å². The Hall–Kier alpha value is -1.57. The summed E-state index contributed by atoms with van der Waals surface area (Å²) in [4.78, 5) is 0. The maximum atomic E-state index is 12.3. The standard InChI is InChI=1S/C11H9BrF3N3O/c12-9-3-1-7(19-9)5-6-16-10-4-2-8(17-18-10)11(13,14)15/h1-4H,5-6H2,(H,16,18). The molecule has 1 N–H and O–H groups in total. The highest BCUT2D eigenvalue weighted by molar-refractivity contribution is 9.10. The summed E-state index contributed by atoms with van der Waals surface area (Å²) in [6, 6.07) is 5.71. The summed E-state index contributed by atoms with van der Waals surface area (Å²) >= 11 is 3.18. The number of nitrogens with zero attached hydrogens (tertiary/aromatic N) is 2. The van der Waals surface area contributed by atoms with Crippen molar-refractivity contribution in [2.75, 3.05) is 11.9 Å². The largest absolute Gasteiger partial charge is 0.454 e. The molecule has 0 saturated carbocycles. The van der Waals surface area contributed by atoms with Crippen LogP contribution in [0, 0.1) is 0 Å². The van der Waals surface area contributed by atoms with Gasteiger partial charge in [0.2, 0.25) is 0 Å². The zero-order chi connectivity index (χ0) is 13.9. The normalized spacial score (nSPS) is 11.6. The molecule has 0 amide bonds. The van der Waals surface area contributed by atoms with E-state index in [-0.39, 0.29) is 0 Å². The van der Waals surface area contributed by atoms with E-state index in [0.717, 1.165) is 11.8 Å². The molecular weight excluding hydrogens is 327 g/mol. The number of nitrogens with one attached hydrogen (secondary N) is 1. The fourth-order valence-corrected chi connectivity index (χ4v) is 1.72. The second-order valence-electron chi connectivity index (χ2n) is 3.68. The van der Waals surface area contributed by atoms with E-state index in [9.17, 15) is 13.2 Å². The molecule has 0 bridgehead atoms. The first-order valence-corrected chi connectivity index (χ1v) is 6.13. The first kappa shape index (κ1) is 13.9. The number of rotatable bonds is 4. The molecule has 2 heterocycles. The minimum Gasteiger partial charge on any atom is -0.454 e. The summed E-state index contributed by atoms with van der Waals surface area (Å²) in [5, 5.41) is 9.44. The molecule has 0 aliphatic carbocycles. The van der Waals surface area contributed by atoms with Crippen molar-refractivity contribution in [1.29, 1.82) is 0 Å². The van der Waals surface area contributed by atoms with Gasteiger partial charge in [0.25, 0.3) is 0 Å². The van der Waals surface area contributed by atoms with Crippen LogP contribution in [-0.4, -0.2) is 16.7 Å². The van der Waals surface area contributed by atoms with Crippen LogP contribution < -0.4 is 5.32 Å². The Morgan fingerprint density at radius 1 is 1.16 bits per heavy atom. The molecule has 0 saturated heterocycles. The van der Waals surface area contributed by atoms with Crippen LogP contribution >= 0.6 is 15.9 Å². The van der Waals surface area contributed by atoms with Crippen molar-refractivity contribution in [2.45, 2.75) is 12.6 Å². The quantitative estimate of drug-likeness (QED) is 0.928. The lowest BCUT2D eigenvalue weighted by Crippen LogP contribution is -2.11. The number of hydrogen-bond donors (Lipinski definition) is 1. The molecule has 19 heavy (non-hydrogen) atoms. The molecular formula is C11H9BrF3N3O. The van der Waals surface area contributed by atoms with E-state index in [1.54, 1.807) is 6.07 Å². The van der Waals surface area contributed by atoms with E-state index >= 15 is 0 Å². The topological polar surface area (TPSA) is 51.0 Å². The fourth-order valence-electron chi connectivity index (χ4n) is 1.38. The first-order chi connectivity index (χ1) is 8.95. The van der Waals surface area contributed by atoms with E-state index in [4.69, 9.17) is 4.42 Å². The second-order valence-corrected chi connectivity index (χ2v) is 4.47. The number of halogens is 4. The molecule has 102 valence electrons. The van der Waals surface area contributed by atoms with Crippen molar-refractivity contribution < 1.29 is 17.6 Å². The van der Waals surface area contributed by atoms with Crippen molar-refractivity contribution in [3.63, 3.8) is 0 Å². The van der Waals surface area contributed by atoms with Crippen LogP contribution in [0.15, 0.2) is 33.4 Å². The van der Waals surface area contributed by atoms with Gasteiger partial charge in [-0.2, -0.15) is 13.2 Å².